The molecule has 3 rings (SSSR count). The van der Waals surface area contributed by atoms with Crippen molar-refractivity contribution >= 4 is 29.3 Å². The minimum Gasteiger partial charge on any atom is -0.464 e. The Hall–Kier alpha value is -1.95. The van der Waals surface area contributed by atoms with E-state index in [1.54, 1.807) is 19.1 Å². The molecule has 0 saturated heterocycles. The molecule has 0 aliphatic heterocycles. The smallest absolute Gasteiger partial charge is 0.344 e. The van der Waals surface area contributed by atoms with Crippen LogP contribution in [0.2, 0.25) is 5.02 Å². The molecule has 2 aliphatic carbocycles. The standard InChI is InChI=1S/C16H14ClFO5/c1-2-22-15(21)16(18)10-7-11(13(19)12(10)16)23-14(20)8-4-3-5-9(17)6-8/h3-6,10-12H,2,7H2,1H3/t10-,11-,12-,16-/m1/s1. The number of alkyl halides is 1. The molecule has 122 valence electrons. The quantitative estimate of drug-likeness (QED) is 0.787. The second-order valence-corrected chi connectivity index (χ2v) is 6.05. The Bertz CT molecular complexity index is 691. The summed E-state index contributed by atoms with van der Waals surface area (Å²) < 4.78 is 24.3. The topological polar surface area (TPSA) is 69.7 Å². The minimum atomic E-state index is -2.26. The van der Waals surface area contributed by atoms with E-state index in [-0.39, 0.29) is 18.6 Å². The number of hydrogen-bond donors (Lipinski definition) is 0. The average molecular weight is 341 g/mol. The number of esters is 2. The number of ketones is 1. The Balaban J connectivity index is 1.65. The van der Waals surface area contributed by atoms with Gasteiger partial charge in [-0.3, -0.25) is 4.79 Å². The molecule has 0 bridgehead atoms. The predicted molar refractivity (Wildman–Crippen MR) is 77.7 cm³/mol. The zero-order chi connectivity index (χ0) is 16.8. The van der Waals surface area contributed by atoms with Gasteiger partial charge in [-0.2, -0.15) is 0 Å². The molecule has 5 nitrogen and oxygen atoms in total. The monoisotopic (exact) mass is 340 g/mol. The lowest BCUT2D eigenvalue weighted by Gasteiger charge is -2.17. The molecule has 0 radical (unpaired) electrons. The molecule has 0 aromatic heterocycles. The third-order valence-electron chi connectivity index (χ3n) is 4.28. The van der Waals surface area contributed by atoms with Crippen molar-refractivity contribution in [2.45, 2.75) is 25.1 Å². The third-order valence-corrected chi connectivity index (χ3v) is 4.51. The van der Waals surface area contributed by atoms with Crippen molar-refractivity contribution in [2.75, 3.05) is 6.61 Å². The van der Waals surface area contributed by atoms with Crippen molar-refractivity contribution in [3.05, 3.63) is 34.9 Å². The summed E-state index contributed by atoms with van der Waals surface area (Å²) in [5.41, 5.74) is -2.05. The van der Waals surface area contributed by atoms with Crippen molar-refractivity contribution in [1.29, 1.82) is 0 Å². The maximum absolute atomic E-state index is 14.5. The highest BCUT2D eigenvalue weighted by molar-refractivity contribution is 6.30. The van der Waals surface area contributed by atoms with Crippen molar-refractivity contribution in [3.8, 4) is 0 Å². The van der Waals surface area contributed by atoms with E-state index in [1.165, 1.54) is 12.1 Å². The van der Waals surface area contributed by atoms with Crippen LogP contribution in [0.1, 0.15) is 23.7 Å². The Morgan fingerprint density at radius 2 is 2.17 bits per heavy atom. The van der Waals surface area contributed by atoms with Crippen LogP contribution < -0.4 is 0 Å². The highest BCUT2D eigenvalue weighted by Crippen LogP contribution is 2.62. The van der Waals surface area contributed by atoms with Gasteiger partial charge in [-0.15, -0.1) is 0 Å². The van der Waals surface area contributed by atoms with Gasteiger partial charge in [0, 0.05) is 10.9 Å². The number of carbonyl (C=O) groups excluding carboxylic acids is 3. The molecular weight excluding hydrogens is 327 g/mol. The van der Waals surface area contributed by atoms with E-state index in [4.69, 9.17) is 16.3 Å². The summed E-state index contributed by atoms with van der Waals surface area (Å²) in [5, 5.41) is 0.366. The van der Waals surface area contributed by atoms with Crippen LogP contribution >= 0.6 is 11.6 Å². The molecule has 1 aromatic carbocycles. The van der Waals surface area contributed by atoms with E-state index in [0.717, 1.165) is 0 Å². The van der Waals surface area contributed by atoms with Crippen LogP contribution in [-0.2, 0) is 19.1 Å². The number of carbonyl (C=O) groups is 3. The van der Waals surface area contributed by atoms with E-state index >= 15 is 0 Å². The first-order valence-electron chi connectivity index (χ1n) is 7.26. The highest BCUT2D eigenvalue weighted by atomic mass is 35.5. The van der Waals surface area contributed by atoms with Gasteiger partial charge in [-0.25, -0.2) is 14.0 Å². The van der Waals surface area contributed by atoms with Crippen LogP contribution in [0.5, 0.6) is 0 Å². The molecular formula is C16H14ClFO5. The van der Waals surface area contributed by atoms with Gasteiger partial charge in [0.1, 0.15) is 0 Å². The van der Waals surface area contributed by atoms with Gasteiger partial charge < -0.3 is 9.47 Å². The number of benzene rings is 1. The summed E-state index contributed by atoms with van der Waals surface area (Å²) >= 11 is 5.79. The van der Waals surface area contributed by atoms with E-state index < -0.39 is 41.3 Å². The molecule has 2 fully saturated rings. The van der Waals surface area contributed by atoms with E-state index in [0.29, 0.717) is 5.02 Å². The molecule has 4 atom stereocenters. The molecule has 0 amide bonds. The Morgan fingerprint density at radius 3 is 2.74 bits per heavy atom. The Morgan fingerprint density at radius 1 is 1.43 bits per heavy atom. The zero-order valence-corrected chi connectivity index (χ0v) is 13.0. The summed E-state index contributed by atoms with van der Waals surface area (Å²) in [4.78, 5) is 35.8. The molecule has 1 aromatic rings. The van der Waals surface area contributed by atoms with Crippen LogP contribution in [0.4, 0.5) is 4.39 Å². The lowest BCUT2D eigenvalue weighted by atomic mass is 10.1. The molecule has 7 heteroatoms. The van der Waals surface area contributed by atoms with Crippen molar-refractivity contribution < 1.29 is 28.2 Å². The molecule has 2 saturated carbocycles. The van der Waals surface area contributed by atoms with Gasteiger partial charge in [0.05, 0.1) is 18.1 Å². The molecule has 2 aliphatic rings. The second-order valence-electron chi connectivity index (χ2n) is 5.62. The maximum Gasteiger partial charge on any atom is 0.344 e. The van der Waals surface area contributed by atoms with Gasteiger partial charge in [0.15, 0.2) is 11.9 Å². The van der Waals surface area contributed by atoms with Gasteiger partial charge in [0.25, 0.3) is 0 Å². The SMILES string of the molecule is CCOC(=O)[C@@]1(F)[C@@H]2C[C@@H](OC(=O)c3cccc(Cl)c3)C(=O)[C@@H]21. The number of halogens is 2. The first kappa shape index (κ1) is 15.9. The first-order valence-corrected chi connectivity index (χ1v) is 7.63. The minimum absolute atomic E-state index is 0.00881. The summed E-state index contributed by atoms with van der Waals surface area (Å²) in [6, 6.07) is 6.11. The fraction of sp³-hybridized carbons (Fsp3) is 0.438. The fourth-order valence-corrected chi connectivity index (χ4v) is 3.31. The van der Waals surface area contributed by atoms with Gasteiger partial charge in [-0.05, 0) is 31.5 Å². The van der Waals surface area contributed by atoms with E-state index in [9.17, 15) is 18.8 Å². The number of hydrogen-bond acceptors (Lipinski definition) is 5. The summed E-state index contributed by atoms with van der Waals surface area (Å²) in [6.07, 6.45) is -1.04. The Labute approximate surface area is 136 Å². The van der Waals surface area contributed by atoms with Crippen LogP contribution in [0, 0.1) is 11.8 Å². The van der Waals surface area contributed by atoms with E-state index in [2.05, 4.69) is 4.74 Å². The third kappa shape index (κ3) is 2.51. The predicted octanol–water partition coefficient (Wildman–Crippen LogP) is 2.36. The van der Waals surface area contributed by atoms with Gasteiger partial charge >= 0.3 is 11.9 Å². The van der Waals surface area contributed by atoms with Gasteiger partial charge in [-0.1, -0.05) is 17.7 Å². The fourth-order valence-electron chi connectivity index (χ4n) is 3.12. The molecule has 0 unspecified atom stereocenters. The number of fused-ring (bicyclic) bond motifs is 1. The molecule has 0 N–H and O–H groups in total. The average Bonchev–Trinajstić information content (AvgIpc) is 2.96. The van der Waals surface area contributed by atoms with Crippen molar-refractivity contribution in [3.63, 3.8) is 0 Å². The number of ether oxygens (including phenoxy) is 2. The molecule has 0 heterocycles. The summed E-state index contributed by atoms with van der Waals surface area (Å²) in [5.74, 6) is -4.12. The first-order chi connectivity index (χ1) is 10.9. The van der Waals surface area contributed by atoms with Gasteiger partial charge in [0.2, 0.25) is 5.67 Å². The zero-order valence-electron chi connectivity index (χ0n) is 12.3. The number of rotatable bonds is 4. The molecule has 23 heavy (non-hydrogen) atoms. The molecule has 0 spiro atoms. The largest absolute Gasteiger partial charge is 0.464 e. The Kier molecular flexibility index (Phi) is 3.88. The van der Waals surface area contributed by atoms with Crippen molar-refractivity contribution in [1.82, 2.24) is 0 Å². The summed E-state index contributed by atoms with van der Waals surface area (Å²) in [6.45, 7) is 1.61. The van der Waals surface area contributed by atoms with Crippen LogP contribution in [0.3, 0.4) is 0 Å². The maximum atomic E-state index is 14.5. The lowest BCUT2D eigenvalue weighted by molar-refractivity contribution is -0.154. The highest BCUT2D eigenvalue weighted by Gasteiger charge is 2.80. The second kappa shape index (κ2) is 5.60. The lowest BCUT2D eigenvalue weighted by Crippen LogP contribution is -2.35. The number of Topliss-reactive ketones (excluding diaryl/α,β-unsaturated/α-hetero) is 1. The van der Waals surface area contributed by atoms with Crippen LogP contribution in [0.15, 0.2) is 24.3 Å². The van der Waals surface area contributed by atoms with E-state index in [1.807, 2.05) is 0 Å². The van der Waals surface area contributed by atoms with Crippen LogP contribution in [-0.4, -0.2) is 36.1 Å². The summed E-state index contributed by atoms with van der Waals surface area (Å²) in [7, 11) is 0. The van der Waals surface area contributed by atoms with Crippen LogP contribution in [0.25, 0.3) is 0 Å². The normalized spacial score (nSPS) is 31.4. The van der Waals surface area contributed by atoms with Crippen molar-refractivity contribution in [2.24, 2.45) is 11.8 Å².